The number of aromatic nitrogens is 3. The van der Waals surface area contributed by atoms with E-state index >= 15 is 0 Å². The average molecular weight is 604 g/mol. The lowest BCUT2D eigenvalue weighted by Crippen LogP contribution is -2.28. The summed E-state index contributed by atoms with van der Waals surface area (Å²) in [4.78, 5) is 25.4. The predicted octanol–water partition coefficient (Wildman–Crippen LogP) is 5.72. The maximum atomic E-state index is 12.7. The van der Waals surface area contributed by atoms with Crippen LogP contribution in [0.5, 0.6) is 0 Å². The minimum absolute atomic E-state index is 0.117. The van der Waals surface area contributed by atoms with Crippen LogP contribution in [0.2, 0.25) is 0 Å². The molecule has 0 unspecified atom stereocenters. The van der Waals surface area contributed by atoms with E-state index in [0.29, 0.717) is 29.0 Å². The fraction of sp³-hybridized carbons (Fsp3) is 0.308. The molecule has 1 atom stereocenters. The van der Waals surface area contributed by atoms with E-state index in [1.54, 1.807) is 18.2 Å². The van der Waals surface area contributed by atoms with Crippen LogP contribution in [0.15, 0.2) is 60.3 Å². The molecule has 0 bridgehead atoms. The van der Waals surface area contributed by atoms with Crippen LogP contribution in [0.4, 0.5) is 5.69 Å². The van der Waals surface area contributed by atoms with E-state index in [9.17, 15) is 9.59 Å². The van der Waals surface area contributed by atoms with Gasteiger partial charge in [-0.2, -0.15) is 0 Å². The molecule has 0 aliphatic rings. The van der Waals surface area contributed by atoms with Crippen molar-refractivity contribution in [2.24, 2.45) is 0 Å². The number of rotatable bonds is 10. The van der Waals surface area contributed by atoms with Crippen molar-refractivity contribution in [2.45, 2.75) is 51.4 Å². The Morgan fingerprint density at radius 3 is 2.51 bits per heavy atom. The lowest BCUT2D eigenvalue weighted by molar-refractivity contribution is -0.113. The van der Waals surface area contributed by atoms with Gasteiger partial charge in [-0.15, -0.1) is 16.8 Å². The van der Waals surface area contributed by atoms with E-state index in [1.807, 2.05) is 42.7 Å². The van der Waals surface area contributed by atoms with Crippen molar-refractivity contribution in [3.63, 3.8) is 0 Å². The number of benzene rings is 2. The van der Waals surface area contributed by atoms with Gasteiger partial charge >= 0.3 is 0 Å². The molecule has 0 saturated carbocycles. The van der Waals surface area contributed by atoms with Gasteiger partial charge < -0.3 is 15.2 Å². The SMILES string of the molecule is C=CCn1c(SCC(=O)Nc2ccc(I)cc2C(C)C)nnc1[C@@H](C)NC(=O)c1ccc(C)cc1. The number of hydrogen-bond donors (Lipinski definition) is 2. The Morgan fingerprint density at radius 1 is 1.14 bits per heavy atom. The van der Waals surface area contributed by atoms with Gasteiger partial charge in [-0.05, 0) is 78.3 Å². The summed E-state index contributed by atoms with van der Waals surface area (Å²) in [6.07, 6.45) is 1.74. The first-order valence-electron chi connectivity index (χ1n) is 11.3. The average Bonchev–Trinajstić information content (AvgIpc) is 3.22. The number of amides is 2. The Balaban J connectivity index is 1.68. The second-order valence-electron chi connectivity index (χ2n) is 8.52. The van der Waals surface area contributed by atoms with Crippen molar-refractivity contribution in [1.29, 1.82) is 0 Å². The number of thioether (sulfide) groups is 1. The van der Waals surface area contributed by atoms with E-state index in [2.05, 4.69) is 69.9 Å². The summed E-state index contributed by atoms with van der Waals surface area (Å²) in [7, 11) is 0. The van der Waals surface area contributed by atoms with Crippen molar-refractivity contribution < 1.29 is 9.59 Å². The van der Waals surface area contributed by atoms with Gasteiger partial charge in [-0.25, -0.2) is 0 Å². The first-order valence-corrected chi connectivity index (χ1v) is 13.4. The topological polar surface area (TPSA) is 88.9 Å². The van der Waals surface area contributed by atoms with Crippen molar-refractivity contribution in [2.75, 3.05) is 11.1 Å². The van der Waals surface area contributed by atoms with E-state index in [1.165, 1.54) is 11.8 Å². The molecular formula is C26H30IN5O2S. The molecule has 0 aliphatic carbocycles. The largest absolute Gasteiger partial charge is 0.342 e. The highest BCUT2D eigenvalue weighted by atomic mass is 127. The Hall–Kier alpha value is -2.66. The number of carbonyl (C=O) groups excluding carboxylic acids is 2. The molecule has 1 heterocycles. The molecule has 184 valence electrons. The zero-order valence-electron chi connectivity index (χ0n) is 20.3. The van der Waals surface area contributed by atoms with Crippen LogP contribution in [-0.2, 0) is 11.3 Å². The van der Waals surface area contributed by atoms with Crippen molar-refractivity contribution in [3.8, 4) is 0 Å². The molecule has 2 amide bonds. The molecule has 2 aromatic carbocycles. The Labute approximate surface area is 224 Å². The zero-order valence-corrected chi connectivity index (χ0v) is 23.3. The number of anilines is 1. The van der Waals surface area contributed by atoms with E-state index in [0.717, 1.165) is 20.4 Å². The van der Waals surface area contributed by atoms with Crippen LogP contribution in [0.1, 0.15) is 60.0 Å². The van der Waals surface area contributed by atoms with E-state index in [4.69, 9.17) is 0 Å². The number of halogens is 1. The Kier molecular flexibility index (Phi) is 9.50. The smallest absolute Gasteiger partial charge is 0.251 e. The monoisotopic (exact) mass is 603 g/mol. The Morgan fingerprint density at radius 2 is 1.86 bits per heavy atom. The van der Waals surface area contributed by atoms with Gasteiger partial charge in [0.2, 0.25) is 5.91 Å². The highest BCUT2D eigenvalue weighted by Crippen LogP contribution is 2.27. The van der Waals surface area contributed by atoms with Crippen molar-refractivity contribution in [3.05, 3.63) is 81.2 Å². The van der Waals surface area contributed by atoms with E-state index in [-0.39, 0.29) is 23.6 Å². The number of allylic oxidation sites excluding steroid dienone is 1. The Bertz CT molecular complexity index is 1210. The van der Waals surface area contributed by atoms with Crippen molar-refractivity contribution >= 4 is 51.9 Å². The standard InChI is InChI=1S/C26H30IN5O2S/c1-6-13-32-24(18(5)28-25(34)19-9-7-17(4)8-10-19)30-31-26(32)35-15-23(33)29-22-12-11-20(27)14-21(22)16(2)3/h6-12,14,16,18H,1,13,15H2,2-5H3,(H,28,34)(H,29,33)/t18-/m1/s1. The molecule has 2 N–H and O–H groups in total. The van der Waals surface area contributed by atoms with Gasteiger partial charge in [-0.3, -0.25) is 9.59 Å². The number of hydrogen-bond acceptors (Lipinski definition) is 5. The minimum Gasteiger partial charge on any atom is -0.342 e. The molecule has 35 heavy (non-hydrogen) atoms. The summed E-state index contributed by atoms with van der Waals surface area (Å²) in [5, 5.41) is 15.2. The third-order valence-corrected chi connectivity index (χ3v) is 6.99. The molecular weight excluding hydrogens is 573 g/mol. The fourth-order valence-electron chi connectivity index (χ4n) is 3.52. The summed E-state index contributed by atoms with van der Waals surface area (Å²) in [6.45, 7) is 12.3. The molecule has 0 spiro atoms. The number of nitrogens with one attached hydrogen (secondary N) is 2. The molecule has 1 aromatic heterocycles. The first-order chi connectivity index (χ1) is 16.7. The minimum atomic E-state index is -0.375. The molecule has 0 aliphatic heterocycles. The van der Waals surface area contributed by atoms with Gasteiger partial charge in [0.1, 0.15) is 0 Å². The van der Waals surface area contributed by atoms with Gasteiger partial charge in [0, 0.05) is 21.4 Å². The maximum Gasteiger partial charge on any atom is 0.251 e. The lowest BCUT2D eigenvalue weighted by Gasteiger charge is -2.16. The molecule has 3 aromatic rings. The van der Waals surface area contributed by atoms with Crippen LogP contribution in [0.3, 0.4) is 0 Å². The van der Waals surface area contributed by atoms with Crippen LogP contribution in [0.25, 0.3) is 0 Å². The summed E-state index contributed by atoms with van der Waals surface area (Å²) < 4.78 is 3.00. The fourth-order valence-corrected chi connectivity index (χ4v) is 4.79. The van der Waals surface area contributed by atoms with Gasteiger partial charge in [-0.1, -0.05) is 49.4 Å². The molecule has 0 radical (unpaired) electrons. The molecule has 0 saturated heterocycles. The van der Waals surface area contributed by atoms with Gasteiger partial charge in [0.25, 0.3) is 5.91 Å². The highest BCUT2D eigenvalue weighted by Gasteiger charge is 2.21. The molecule has 3 rings (SSSR count). The van der Waals surface area contributed by atoms with Gasteiger partial charge in [0.05, 0.1) is 11.8 Å². The molecule has 7 nitrogen and oxygen atoms in total. The number of nitrogens with zero attached hydrogens (tertiary/aromatic N) is 3. The number of carbonyl (C=O) groups is 2. The summed E-state index contributed by atoms with van der Waals surface area (Å²) in [5.41, 5.74) is 3.60. The highest BCUT2D eigenvalue weighted by molar-refractivity contribution is 14.1. The summed E-state index contributed by atoms with van der Waals surface area (Å²) >= 11 is 3.58. The third-order valence-electron chi connectivity index (χ3n) is 5.35. The van der Waals surface area contributed by atoms with Crippen LogP contribution >= 0.6 is 34.4 Å². The van der Waals surface area contributed by atoms with Gasteiger partial charge in [0.15, 0.2) is 11.0 Å². The van der Waals surface area contributed by atoms with Crippen molar-refractivity contribution in [1.82, 2.24) is 20.1 Å². The van der Waals surface area contributed by atoms with E-state index < -0.39 is 0 Å². The molecule has 9 heteroatoms. The predicted molar refractivity (Wildman–Crippen MR) is 150 cm³/mol. The summed E-state index contributed by atoms with van der Waals surface area (Å²) in [6, 6.07) is 13.0. The number of aryl methyl sites for hydroxylation is 1. The van der Waals surface area contributed by atoms with Crippen LogP contribution < -0.4 is 10.6 Å². The quantitative estimate of drug-likeness (QED) is 0.176. The maximum absolute atomic E-state index is 12.7. The summed E-state index contributed by atoms with van der Waals surface area (Å²) in [5.74, 6) is 0.782. The normalized spacial score (nSPS) is 11.8. The third kappa shape index (κ3) is 7.17. The zero-order chi connectivity index (χ0) is 25.5. The van der Waals surface area contributed by atoms with Crippen LogP contribution in [0, 0.1) is 10.5 Å². The second-order valence-corrected chi connectivity index (χ2v) is 10.7. The first kappa shape index (κ1) is 26.9. The lowest BCUT2D eigenvalue weighted by atomic mass is 10.0. The van der Waals surface area contributed by atoms with Crippen LogP contribution in [-0.4, -0.2) is 32.3 Å². The molecule has 0 fully saturated rings. The second kappa shape index (κ2) is 12.3.